The third kappa shape index (κ3) is 2.65. The minimum Gasteiger partial charge on any atom is -0.319 e. The number of nitrogens with zero attached hydrogens (tertiary/aromatic N) is 1. The van der Waals surface area contributed by atoms with Gasteiger partial charge in [-0.25, -0.2) is 13.2 Å². The van der Waals surface area contributed by atoms with Crippen LogP contribution in [0.5, 0.6) is 0 Å². The number of sulfone groups is 1. The smallest absolute Gasteiger partial charge is 0.319 e. The number of urea groups is 1. The summed E-state index contributed by atoms with van der Waals surface area (Å²) in [5.74, 6) is -0.289. The standard InChI is InChI=1S/C14H18N2O4S2/c1-13(10-3-6-21-7-10)11(17)16(12(18)15-13)8-14(4-5-14)9-22(2,19)20/h3,6-7H,4-5,8-9H2,1-2H3,(H,15,18). The van der Waals surface area contributed by atoms with E-state index in [-0.39, 0.29) is 18.2 Å². The predicted molar refractivity (Wildman–Crippen MR) is 83.3 cm³/mol. The van der Waals surface area contributed by atoms with Crippen LogP contribution in [0.3, 0.4) is 0 Å². The minimum absolute atomic E-state index is 0.0201. The van der Waals surface area contributed by atoms with Crippen LogP contribution >= 0.6 is 11.3 Å². The van der Waals surface area contributed by atoms with Crippen molar-refractivity contribution in [1.82, 2.24) is 10.2 Å². The Kier molecular flexibility index (Phi) is 3.37. The molecule has 3 rings (SSSR count). The highest BCUT2D eigenvalue weighted by Gasteiger charge is 2.54. The molecular formula is C14H18N2O4S2. The average molecular weight is 342 g/mol. The lowest BCUT2D eigenvalue weighted by Gasteiger charge is -2.23. The van der Waals surface area contributed by atoms with Gasteiger partial charge in [-0.15, -0.1) is 0 Å². The van der Waals surface area contributed by atoms with Gasteiger partial charge in [-0.1, -0.05) is 0 Å². The number of nitrogens with one attached hydrogen (secondary N) is 1. The van der Waals surface area contributed by atoms with Crippen LogP contribution in [0.2, 0.25) is 0 Å². The Morgan fingerprint density at radius 3 is 2.55 bits per heavy atom. The van der Waals surface area contributed by atoms with Crippen LogP contribution in [0.25, 0.3) is 0 Å². The van der Waals surface area contributed by atoms with Gasteiger partial charge in [0.25, 0.3) is 5.91 Å². The zero-order valence-electron chi connectivity index (χ0n) is 12.5. The number of carbonyl (C=O) groups excluding carboxylic acids is 2. The summed E-state index contributed by atoms with van der Waals surface area (Å²) in [4.78, 5) is 26.1. The van der Waals surface area contributed by atoms with Gasteiger partial charge in [0.05, 0.1) is 5.75 Å². The Hall–Kier alpha value is -1.41. The molecule has 0 radical (unpaired) electrons. The fourth-order valence-electron chi connectivity index (χ4n) is 3.00. The SMILES string of the molecule is CC1(c2ccsc2)NC(=O)N(CC2(CS(C)(=O)=O)CC2)C1=O. The lowest BCUT2D eigenvalue weighted by molar-refractivity contribution is -0.131. The van der Waals surface area contributed by atoms with Crippen molar-refractivity contribution in [2.45, 2.75) is 25.3 Å². The predicted octanol–water partition coefficient (Wildman–Crippen LogP) is 1.34. The molecule has 8 heteroatoms. The second kappa shape index (κ2) is 4.79. The lowest BCUT2D eigenvalue weighted by atomic mass is 9.94. The molecule has 1 unspecified atom stereocenters. The van der Waals surface area contributed by atoms with Gasteiger partial charge < -0.3 is 5.32 Å². The molecule has 1 aromatic rings. The van der Waals surface area contributed by atoms with E-state index in [0.29, 0.717) is 0 Å². The van der Waals surface area contributed by atoms with E-state index in [9.17, 15) is 18.0 Å². The van der Waals surface area contributed by atoms with E-state index in [0.717, 1.165) is 18.4 Å². The van der Waals surface area contributed by atoms with Crippen molar-refractivity contribution >= 4 is 33.1 Å². The Labute approximate surface area is 133 Å². The van der Waals surface area contributed by atoms with E-state index in [1.165, 1.54) is 22.5 Å². The topological polar surface area (TPSA) is 83.6 Å². The summed E-state index contributed by atoms with van der Waals surface area (Å²) < 4.78 is 23.1. The van der Waals surface area contributed by atoms with Gasteiger partial charge >= 0.3 is 6.03 Å². The first-order valence-corrected chi connectivity index (χ1v) is 10.0. The molecule has 1 N–H and O–H groups in total. The Morgan fingerprint density at radius 1 is 1.36 bits per heavy atom. The van der Waals surface area contributed by atoms with Crippen LogP contribution in [0, 0.1) is 5.41 Å². The largest absolute Gasteiger partial charge is 0.325 e. The first kappa shape index (κ1) is 15.5. The highest BCUT2D eigenvalue weighted by Crippen LogP contribution is 2.48. The minimum atomic E-state index is -3.14. The summed E-state index contributed by atoms with van der Waals surface area (Å²) in [6, 6.07) is 1.37. The van der Waals surface area contributed by atoms with Gasteiger partial charge in [0, 0.05) is 18.2 Å². The van der Waals surface area contributed by atoms with Crippen LogP contribution in [0.1, 0.15) is 25.3 Å². The second-order valence-electron chi connectivity index (χ2n) is 6.53. The maximum Gasteiger partial charge on any atom is 0.325 e. The molecule has 0 spiro atoms. The molecule has 2 fully saturated rings. The van der Waals surface area contributed by atoms with E-state index in [1.54, 1.807) is 6.92 Å². The highest BCUT2D eigenvalue weighted by molar-refractivity contribution is 7.90. The van der Waals surface area contributed by atoms with Crippen molar-refractivity contribution in [3.63, 3.8) is 0 Å². The zero-order chi connectivity index (χ0) is 16.2. The molecule has 0 bridgehead atoms. The molecule has 0 aromatic carbocycles. The van der Waals surface area contributed by atoms with Gasteiger partial charge in [-0.05, 0) is 42.2 Å². The monoisotopic (exact) mass is 342 g/mol. The van der Waals surface area contributed by atoms with Crippen LogP contribution in [0.4, 0.5) is 4.79 Å². The molecular weight excluding hydrogens is 324 g/mol. The van der Waals surface area contributed by atoms with Gasteiger partial charge in [-0.3, -0.25) is 9.69 Å². The van der Waals surface area contributed by atoms with E-state index >= 15 is 0 Å². The molecule has 2 aliphatic rings. The summed E-state index contributed by atoms with van der Waals surface area (Å²) in [6.45, 7) is 1.86. The third-order valence-corrected chi connectivity index (χ3v) is 6.21. The normalized spacial score (nSPS) is 27.1. The Bertz CT molecular complexity index is 722. The van der Waals surface area contributed by atoms with E-state index in [1.807, 2.05) is 16.8 Å². The van der Waals surface area contributed by atoms with E-state index in [4.69, 9.17) is 0 Å². The van der Waals surface area contributed by atoms with Crippen molar-refractivity contribution < 1.29 is 18.0 Å². The first-order valence-electron chi connectivity index (χ1n) is 7.00. The van der Waals surface area contributed by atoms with Crippen molar-refractivity contribution in [2.75, 3.05) is 18.6 Å². The number of amides is 3. The number of hydrogen-bond donors (Lipinski definition) is 1. The molecule has 120 valence electrons. The fourth-order valence-corrected chi connectivity index (χ4v) is 5.26. The lowest BCUT2D eigenvalue weighted by Crippen LogP contribution is -2.42. The molecule has 1 atom stereocenters. The molecule has 1 aliphatic heterocycles. The Balaban J connectivity index is 1.82. The number of thiophene rings is 1. The second-order valence-corrected chi connectivity index (χ2v) is 9.45. The van der Waals surface area contributed by atoms with Crippen LogP contribution in [-0.2, 0) is 20.2 Å². The molecule has 2 heterocycles. The molecule has 1 aromatic heterocycles. The van der Waals surface area contributed by atoms with Crippen molar-refractivity contribution in [2.24, 2.45) is 5.41 Å². The average Bonchev–Trinajstić information content (AvgIpc) is 2.86. The van der Waals surface area contributed by atoms with Crippen LogP contribution in [-0.4, -0.2) is 43.8 Å². The van der Waals surface area contributed by atoms with Crippen molar-refractivity contribution in [3.05, 3.63) is 22.4 Å². The third-order valence-electron chi connectivity index (χ3n) is 4.39. The van der Waals surface area contributed by atoms with Gasteiger partial charge in [0.1, 0.15) is 15.4 Å². The zero-order valence-corrected chi connectivity index (χ0v) is 14.1. The fraction of sp³-hybridized carbons (Fsp3) is 0.571. The summed E-state index contributed by atoms with van der Waals surface area (Å²) in [7, 11) is -3.14. The Morgan fingerprint density at radius 2 is 2.05 bits per heavy atom. The summed E-state index contributed by atoms with van der Waals surface area (Å²) in [6.07, 6.45) is 2.65. The van der Waals surface area contributed by atoms with Gasteiger partial charge in [-0.2, -0.15) is 11.3 Å². The molecule has 22 heavy (non-hydrogen) atoms. The van der Waals surface area contributed by atoms with Crippen LogP contribution < -0.4 is 5.32 Å². The molecule has 1 saturated heterocycles. The number of imide groups is 1. The van der Waals surface area contributed by atoms with Crippen LogP contribution in [0.15, 0.2) is 16.8 Å². The molecule has 6 nitrogen and oxygen atoms in total. The quantitative estimate of drug-likeness (QED) is 0.819. The molecule has 1 saturated carbocycles. The molecule has 3 amide bonds. The van der Waals surface area contributed by atoms with Crippen molar-refractivity contribution in [1.29, 1.82) is 0 Å². The van der Waals surface area contributed by atoms with Crippen molar-refractivity contribution in [3.8, 4) is 0 Å². The van der Waals surface area contributed by atoms with Gasteiger partial charge in [0.15, 0.2) is 0 Å². The highest BCUT2D eigenvalue weighted by atomic mass is 32.2. The summed E-state index contributed by atoms with van der Waals surface area (Å²) in [5, 5.41) is 6.43. The number of carbonyl (C=O) groups is 2. The van der Waals surface area contributed by atoms with E-state index in [2.05, 4.69) is 5.32 Å². The summed E-state index contributed by atoms with van der Waals surface area (Å²) in [5.41, 5.74) is -0.759. The van der Waals surface area contributed by atoms with Gasteiger partial charge in [0.2, 0.25) is 0 Å². The number of hydrogen-bond acceptors (Lipinski definition) is 5. The number of rotatable bonds is 5. The molecule has 1 aliphatic carbocycles. The first-order chi connectivity index (χ1) is 10.2. The summed E-state index contributed by atoms with van der Waals surface area (Å²) >= 11 is 1.46. The maximum atomic E-state index is 12.7. The maximum absolute atomic E-state index is 12.7. The van der Waals surface area contributed by atoms with E-state index < -0.39 is 26.8 Å².